The van der Waals surface area contributed by atoms with Crippen LogP contribution in [0.2, 0.25) is 10.3 Å². The Labute approximate surface area is 89.3 Å². The van der Waals surface area contributed by atoms with Crippen LogP contribution in [0.1, 0.15) is 11.7 Å². The van der Waals surface area contributed by atoms with Gasteiger partial charge in [0.15, 0.2) is 11.4 Å². The van der Waals surface area contributed by atoms with E-state index in [4.69, 9.17) is 33.0 Å². The Morgan fingerprint density at radius 3 is 2.15 bits per heavy atom. The monoisotopic (exact) mass is 238 g/mol. The Bertz CT molecular complexity index is 339. The molecule has 0 aliphatic carbocycles. The first-order valence-corrected chi connectivity index (χ1v) is 4.55. The molecule has 0 radical (unpaired) electrons. The van der Waals surface area contributed by atoms with Gasteiger partial charge in [0.25, 0.3) is 0 Å². The normalized spacial score (nSPS) is 26.2. The second-order valence-electron chi connectivity index (χ2n) is 2.47. The van der Waals surface area contributed by atoms with Gasteiger partial charge in [0.2, 0.25) is 0 Å². The van der Waals surface area contributed by atoms with Crippen molar-refractivity contribution >= 4 is 35.8 Å². The average Bonchev–Trinajstić information content (AvgIpc) is 2.64. The molecule has 1 N–H and O–H groups in total. The van der Waals surface area contributed by atoms with Crippen molar-refractivity contribution in [2.24, 2.45) is 0 Å². The molecule has 2 unspecified atom stereocenters. The first-order chi connectivity index (χ1) is 6.09. The zero-order valence-electron chi connectivity index (χ0n) is 6.11. The lowest BCUT2D eigenvalue weighted by atomic mass is 10.2. The molecule has 1 saturated heterocycles. The summed E-state index contributed by atoms with van der Waals surface area (Å²) < 4.78 is 4.79. The van der Waals surface area contributed by atoms with Crippen molar-refractivity contribution in [3.05, 3.63) is 15.9 Å². The van der Waals surface area contributed by atoms with Gasteiger partial charge in [0, 0.05) is 0 Å². The van der Waals surface area contributed by atoms with E-state index < -0.39 is 12.4 Å². The highest BCUT2D eigenvalue weighted by Crippen LogP contribution is 2.42. The number of nitrogens with zero attached hydrogens (tertiary/aromatic N) is 2. The van der Waals surface area contributed by atoms with Crippen molar-refractivity contribution in [2.45, 2.75) is 17.6 Å². The Balaban J connectivity index is 2.45. The van der Waals surface area contributed by atoms with Crippen molar-refractivity contribution in [3.8, 4) is 0 Å². The fourth-order valence-corrected chi connectivity index (χ4v) is 1.88. The highest BCUT2D eigenvalue weighted by Gasteiger charge is 2.42. The lowest BCUT2D eigenvalue weighted by molar-refractivity contribution is 0.156. The third-order valence-corrected chi connectivity index (χ3v) is 2.37. The molecule has 7 heteroatoms. The molecular formula is C6H4Cl2N2O2S. The number of rotatable bonds is 1. The maximum Gasteiger partial charge on any atom is 0.187 e. The summed E-state index contributed by atoms with van der Waals surface area (Å²) in [5.74, 6) is 0. The van der Waals surface area contributed by atoms with Crippen LogP contribution in [0.4, 0.5) is 0 Å². The van der Waals surface area contributed by atoms with Gasteiger partial charge in [0.1, 0.15) is 16.4 Å². The van der Waals surface area contributed by atoms with Crippen LogP contribution < -0.4 is 0 Å². The first kappa shape index (κ1) is 9.48. The zero-order valence-corrected chi connectivity index (χ0v) is 8.51. The zero-order chi connectivity index (χ0) is 9.59. The topological polar surface area (TPSA) is 58.5 Å². The molecule has 4 nitrogen and oxygen atoms in total. The standard InChI is InChI=1S/C6H4Cl2N2O2S/c7-3-1(2-5(11)12-2)4(8)10-6(13)9-3/h2,5,11H,(H,9,10,13). The van der Waals surface area contributed by atoms with E-state index >= 15 is 0 Å². The summed E-state index contributed by atoms with van der Waals surface area (Å²) >= 11 is 15.4. The fourth-order valence-electron chi connectivity index (χ4n) is 0.956. The Kier molecular flexibility index (Phi) is 2.37. The van der Waals surface area contributed by atoms with Crippen molar-refractivity contribution < 1.29 is 9.84 Å². The number of aliphatic hydroxyl groups is 1. The van der Waals surface area contributed by atoms with Gasteiger partial charge >= 0.3 is 0 Å². The van der Waals surface area contributed by atoms with E-state index in [0.29, 0.717) is 5.56 Å². The summed E-state index contributed by atoms with van der Waals surface area (Å²) in [4.78, 5) is 7.55. The van der Waals surface area contributed by atoms with Crippen molar-refractivity contribution in [3.63, 3.8) is 0 Å². The summed E-state index contributed by atoms with van der Waals surface area (Å²) in [5.41, 5.74) is 0.411. The van der Waals surface area contributed by atoms with Crippen LogP contribution in [-0.4, -0.2) is 21.4 Å². The molecule has 0 spiro atoms. The van der Waals surface area contributed by atoms with Gasteiger partial charge in [-0.2, -0.15) is 0 Å². The number of thiol groups is 1. The lowest BCUT2D eigenvalue weighted by Gasteiger charge is -2.01. The molecule has 1 aliphatic heterocycles. The van der Waals surface area contributed by atoms with Gasteiger partial charge in [-0.1, -0.05) is 23.2 Å². The minimum absolute atomic E-state index is 0.159. The van der Waals surface area contributed by atoms with Gasteiger partial charge in [-0.15, -0.1) is 12.6 Å². The van der Waals surface area contributed by atoms with E-state index in [1.165, 1.54) is 0 Å². The molecule has 2 atom stereocenters. The molecule has 2 rings (SSSR count). The predicted molar refractivity (Wildman–Crippen MR) is 49.1 cm³/mol. The molecule has 13 heavy (non-hydrogen) atoms. The highest BCUT2D eigenvalue weighted by molar-refractivity contribution is 7.80. The van der Waals surface area contributed by atoms with Crippen LogP contribution in [0, 0.1) is 0 Å². The van der Waals surface area contributed by atoms with E-state index in [2.05, 4.69) is 22.6 Å². The number of hydrogen-bond donors (Lipinski definition) is 2. The van der Waals surface area contributed by atoms with E-state index in [1.807, 2.05) is 0 Å². The van der Waals surface area contributed by atoms with Crippen LogP contribution in [-0.2, 0) is 4.74 Å². The lowest BCUT2D eigenvalue weighted by Crippen LogP contribution is -1.96. The smallest absolute Gasteiger partial charge is 0.187 e. The molecule has 1 aliphatic rings. The molecule has 70 valence electrons. The predicted octanol–water partition coefficient (Wildman–Crippen LogP) is 1.46. The van der Waals surface area contributed by atoms with Gasteiger partial charge in [-0.3, -0.25) is 0 Å². The molecule has 0 amide bonds. The van der Waals surface area contributed by atoms with Crippen LogP contribution in [0.5, 0.6) is 0 Å². The molecule has 2 heterocycles. The average molecular weight is 239 g/mol. The second-order valence-corrected chi connectivity index (χ2v) is 3.58. The van der Waals surface area contributed by atoms with Gasteiger partial charge < -0.3 is 9.84 Å². The number of ether oxygens (including phenoxy) is 1. The van der Waals surface area contributed by atoms with Gasteiger partial charge in [-0.25, -0.2) is 9.97 Å². The SMILES string of the molecule is OC1OC1c1c(Cl)nc(S)nc1Cl. The number of epoxide rings is 1. The Hall–Kier alpha value is -0.0700. The van der Waals surface area contributed by atoms with Gasteiger partial charge in [0.05, 0.1) is 5.56 Å². The Morgan fingerprint density at radius 2 is 1.77 bits per heavy atom. The molecule has 1 aromatic heterocycles. The fraction of sp³-hybridized carbons (Fsp3) is 0.333. The third-order valence-electron chi connectivity index (χ3n) is 1.59. The minimum atomic E-state index is -0.857. The summed E-state index contributed by atoms with van der Waals surface area (Å²) in [6.07, 6.45) is -1.36. The van der Waals surface area contributed by atoms with E-state index in [1.54, 1.807) is 0 Å². The molecule has 1 aromatic rings. The molecule has 1 fully saturated rings. The number of aromatic nitrogens is 2. The molecule has 0 saturated carbocycles. The number of aliphatic hydroxyl groups excluding tert-OH is 1. The van der Waals surface area contributed by atoms with Crippen molar-refractivity contribution in [1.29, 1.82) is 0 Å². The van der Waals surface area contributed by atoms with Crippen LogP contribution in [0.25, 0.3) is 0 Å². The largest absolute Gasteiger partial charge is 0.366 e. The molecular weight excluding hydrogens is 235 g/mol. The minimum Gasteiger partial charge on any atom is -0.366 e. The quantitative estimate of drug-likeness (QED) is 0.337. The summed E-state index contributed by atoms with van der Waals surface area (Å²) in [6, 6.07) is 0. The van der Waals surface area contributed by atoms with E-state index in [0.717, 1.165) is 0 Å². The molecule has 0 aromatic carbocycles. The van der Waals surface area contributed by atoms with E-state index in [-0.39, 0.29) is 15.5 Å². The van der Waals surface area contributed by atoms with Gasteiger partial charge in [-0.05, 0) is 0 Å². The first-order valence-electron chi connectivity index (χ1n) is 3.35. The van der Waals surface area contributed by atoms with E-state index in [9.17, 15) is 0 Å². The Morgan fingerprint density at radius 1 is 1.31 bits per heavy atom. The summed E-state index contributed by atoms with van der Waals surface area (Å²) in [7, 11) is 0. The molecule has 0 bridgehead atoms. The maximum absolute atomic E-state index is 8.98. The summed E-state index contributed by atoms with van der Waals surface area (Å²) in [6.45, 7) is 0. The second kappa shape index (κ2) is 3.25. The summed E-state index contributed by atoms with van der Waals surface area (Å²) in [5, 5.41) is 9.49. The third kappa shape index (κ3) is 1.75. The number of hydrogen-bond acceptors (Lipinski definition) is 5. The van der Waals surface area contributed by atoms with Crippen LogP contribution in [0.3, 0.4) is 0 Å². The number of halogens is 2. The van der Waals surface area contributed by atoms with Crippen molar-refractivity contribution in [1.82, 2.24) is 9.97 Å². The maximum atomic E-state index is 8.98. The van der Waals surface area contributed by atoms with Crippen molar-refractivity contribution in [2.75, 3.05) is 0 Å². The van der Waals surface area contributed by atoms with Crippen LogP contribution in [0.15, 0.2) is 5.16 Å². The highest BCUT2D eigenvalue weighted by atomic mass is 35.5. The van der Waals surface area contributed by atoms with Crippen LogP contribution >= 0.6 is 35.8 Å².